The number of nitrogens with two attached hydrogens (primary N) is 1. The molecule has 0 saturated heterocycles. The molecule has 17 heavy (non-hydrogen) atoms. The van der Waals surface area contributed by atoms with E-state index in [9.17, 15) is 8.42 Å². The molecule has 1 saturated carbocycles. The molecule has 1 aliphatic carbocycles. The number of nitrogens with one attached hydrogen (secondary N) is 1. The minimum absolute atomic E-state index is 0.0538. The van der Waals surface area contributed by atoms with Gasteiger partial charge in [0.25, 0.3) is 0 Å². The van der Waals surface area contributed by atoms with Crippen molar-refractivity contribution in [3.63, 3.8) is 0 Å². The van der Waals surface area contributed by atoms with Crippen molar-refractivity contribution in [2.24, 2.45) is 5.92 Å². The Labute approximate surface area is 101 Å². The highest BCUT2D eigenvalue weighted by Gasteiger charge is 2.21. The number of hydrogen-bond donors (Lipinski definition) is 2. The molecule has 1 heterocycles. The highest BCUT2D eigenvalue weighted by molar-refractivity contribution is 7.89. The van der Waals surface area contributed by atoms with Crippen LogP contribution in [0.25, 0.3) is 0 Å². The molecule has 94 valence electrons. The fourth-order valence-electron chi connectivity index (χ4n) is 1.55. The normalized spacial score (nSPS) is 16.0. The Morgan fingerprint density at radius 1 is 1.35 bits per heavy atom. The summed E-state index contributed by atoms with van der Waals surface area (Å²) in [5.74, 6) is 0.886. The fraction of sp³-hybridized carbons (Fsp3) is 0.600. The van der Waals surface area contributed by atoms with Gasteiger partial charge in [0.05, 0.1) is 12.4 Å². The predicted octanol–water partition coefficient (Wildman–Crippen LogP) is 0.527. The van der Waals surface area contributed by atoms with Crippen LogP contribution >= 0.6 is 0 Å². The van der Waals surface area contributed by atoms with Gasteiger partial charge < -0.3 is 5.73 Å². The lowest BCUT2D eigenvalue weighted by Crippen LogP contribution is -2.25. The van der Waals surface area contributed by atoms with Crippen LogP contribution in [0.15, 0.2) is 17.3 Å². The van der Waals surface area contributed by atoms with Crippen molar-refractivity contribution in [3.8, 4) is 0 Å². The standard InChI is InChI=1S/C10H16N4O2S/c11-10-12-6-9(7-13-10)17(15,16)14-5-1-2-8-3-4-8/h6-8,14H,1-5H2,(H2,11,12,13). The highest BCUT2D eigenvalue weighted by Crippen LogP contribution is 2.33. The van der Waals surface area contributed by atoms with Gasteiger partial charge >= 0.3 is 0 Å². The Bertz CT molecular complexity index is 468. The van der Waals surface area contributed by atoms with Gasteiger partial charge in [0.2, 0.25) is 16.0 Å². The summed E-state index contributed by atoms with van der Waals surface area (Å²) in [7, 11) is -3.49. The summed E-state index contributed by atoms with van der Waals surface area (Å²) in [5, 5.41) is 0. The molecule has 0 unspecified atom stereocenters. The van der Waals surface area contributed by atoms with Gasteiger partial charge in [-0.3, -0.25) is 0 Å². The van der Waals surface area contributed by atoms with Gasteiger partial charge in [-0.25, -0.2) is 23.1 Å². The zero-order chi connectivity index (χ0) is 12.3. The molecule has 0 spiro atoms. The molecular weight excluding hydrogens is 240 g/mol. The third-order valence-corrected chi connectivity index (χ3v) is 4.15. The van der Waals surface area contributed by atoms with E-state index >= 15 is 0 Å². The molecule has 1 fully saturated rings. The zero-order valence-corrected chi connectivity index (χ0v) is 10.3. The second-order valence-electron chi connectivity index (χ2n) is 4.26. The topological polar surface area (TPSA) is 98.0 Å². The van der Waals surface area contributed by atoms with E-state index in [4.69, 9.17) is 5.73 Å². The van der Waals surface area contributed by atoms with Crippen molar-refractivity contribution in [2.75, 3.05) is 12.3 Å². The Morgan fingerprint density at radius 3 is 2.59 bits per heavy atom. The van der Waals surface area contributed by atoms with Crippen LogP contribution in [0.2, 0.25) is 0 Å². The lowest BCUT2D eigenvalue weighted by atomic mass is 10.2. The Hall–Kier alpha value is -1.21. The van der Waals surface area contributed by atoms with Gasteiger partial charge in [0.1, 0.15) is 4.90 Å². The molecule has 1 aliphatic rings. The molecule has 0 atom stereocenters. The van der Waals surface area contributed by atoms with Crippen LogP contribution in [0.4, 0.5) is 5.95 Å². The fourth-order valence-corrected chi connectivity index (χ4v) is 2.51. The number of nitrogen functional groups attached to an aromatic ring is 1. The Balaban J connectivity index is 1.86. The van der Waals surface area contributed by atoms with Crippen molar-refractivity contribution in [2.45, 2.75) is 30.6 Å². The summed E-state index contributed by atoms with van der Waals surface area (Å²) >= 11 is 0. The number of rotatable bonds is 6. The van der Waals surface area contributed by atoms with E-state index in [-0.39, 0.29) is 10.8 Å². The first-order chi connectivity index (χ1) is 8.08. The molecule has 6 nitrogen and oxygen atoms in total. The smallest absolute Gasteiger partial charge is 0.243 e. The van der Waals surface area contributed by atoms with Crippen LogP contribution in [0.5, 0.6) is 0 Å². The summed E-state index contributed by atoms with van der Waals surface area (Å²) in [4.78, 5) is 7.37. The second kappa shape index (κ2) is 4.97. The molecule has 0 aliphatic heterocycles. The van der Waals surface area contributed by atoms with Crippen molar-refractivity contribution in [1.82, 2.24) is 14.7 Å². The average molecular weight is 256 g/mol. The average Bonchev–Trinajstić information content (AvgIpc) is 3.09. The summed E-state index contributed by atoms with van der Waals surface area (Å²) < 4.78 is 26.1. The molecule has 0 aromatic carbocycles. The molecule has 0 radical (unpaired) electrons. The minimum Gasteiger partial charge on any atom is -0.368 e. The predicted molar refractivity (Wildman–Crippen MR) is 63.6 cm³/mol. The number of sulfonamides is 1. The quantitative estimate of drug-likeness (QED) is 0.723. The highest BCUT2D eigenvalue weighted by atomic mass is 32.2. The summed E-state index contributed by atoms with van der Waals surface area (Å²) in [5.41, 5.74) is 5.29. The second-order valence-corrected chi connectivity index (χ2v) is 6.03. The van der Waals surface area contributed by atoms with Crippen LogP contribution in [-0.4, -0.2) is 24.9 Å². The minimum atomic E-state index is -3.49. The number of hydrogen-bond acceptors (Lipinski definition) is 5. The van der Waals surface area contributed by atoms with Crippen molar-refractivity contribution < 1.29 is 8.42 Å². The summed E-state index contributed by atoms with van der Waals surface area (Å²) in [6, 6.07) is 0. The monoisotopic (exact) mass is 256 g/mol. The molecular formula is C10H16N4O2S. The third kappa shape index (κ3) is 3.64. The molecule has 3 N–H and O–H groups in total. The Morgan fingerprint density at radius 2 is 2.00 bits per heavy atom. The third-order valence-electron chi connectivity index (χ3n) is 2.74. The van der Waals surface area contributed by atoms with E-state index in [1.807, 2.05) is 0 Å². The first kappa shape index (κ1) is 12.3. The van der Waals surface area contributed by atoms with Gasteiger partial charge in [-0.15, -0.1) is 0 Å². The van der Waals surface area contributed by atoms with Gasteiger partial charge in [-0.1, -0.05) is 12.8 Å². The molecule has 2 rings (SSSR count). The first-order valence-electron chi connectivity index (χ1n) is 5.65. The van der Waals surface area contributed by atoms with E-state index in [0.29, 0.717) is 6.54 Å². The Kier molecular flexibility index (Phi) is 3.58. The molecule has 0 amide bonds. The van der Waals surface area contributed by atoms with Crippen molar-refractivity contribution >= 4 is 16.0 Å². The van der Waals surface area contributed by atoms with E-state index in [0.717, 1.165) is 18.8 Å². The number of aromatic nitrogens is 2. The van der Waals surface area contributed by atoms with Gasteiger partial charge in [0, 0.05) is 6.54 Å². The van der Waals surface area contributed by atoms with E-state index in [1.54, 1.807) is 0 Å². The van der Waals surface area contributed by atoms with Crippen LogP contribution < -0.4 is 10.5 Å². The first-order valence-corrected chi connectivity index (χ1v) is 7.13. The number of nitrogens with zero attached hydrogens (tertiary/aromatic N) is 2. The van der Waals surface area contributed by atoms with Crippen molar-refractivity contribution in [1.29, 1.82) is 0 Å². The van der Waals surface area contributed by atoms with Crippen molar-refractivity contribution in [3.05, 3.63) is 12.4 Å². The van der Waals surface area contributed by atoms with Crippen LogP contribution in [0.3, 0.4) is 0 Å². The lowest BCUT2D eigenvalue weighted by molar-refractivity contribution is 0.572. The summed E-state index contributed by atoms with van der Waals surface area (Å²) in [6.07, 6.45) is 6.98. The molecule has 1 aromatic rings. The zero-order valence-electron chi connectivity index (χ0n) is 9.46. The SMILES string of the molecule is Nc1ncc(S(=O)(=O)NCCCC2CC2)cn1. The molecule has 1 aromatic heterocycles. The van der Waals surface area contributed by atoms with Gasteiger partial charge in [-0.2, -0.15) is 0 Å². The largest absolute Gasteiger partial charge is 0.368 e. The number of anilines is 1. The van der Waals surface area contributed by atoms with Crippen LogP contribution in [0.1, 0.15) is 25.7 Å². The van der Waals surface area contributed by atoms with Gasteiger partial charge in [0.15, 0.2) is 0 Å². The van der Waals surface area contributed by atoms with E-state index in [1.165, 1.54) is 25.2 Å². The maximum atomic E-state index is 11.8. The molecule has 0 bridgehead atoms. The lowest BCUT2D eigenvalue weighted by Gasteiger charge is -2.05. The van der Waals surface area contributed by atoms with Gasteiger partial charge in [-0.05, 0) is 18.8 Å². The van der Waals surface area contributed by atoms with Crippen LogP contribution in [-0.2, 0) is 10.0 Å². The maximum absolute atomic E-state index is 11.8. The molecule has 7 heteroatoms. The maximum Gasteiger partial charge on any atom is 0.243 e. The van der Waals surface area contributed by atoms with E-state index in [2.05, 4.69) is 14.7 Å². The van der Waals surface area contributed by atoms with Crippen LogP contribution in [0, 0.1) is 5.92 Å². The summed E-state index contributed by atoms with van der Waals surface area (Å²) in [6.45, 7) is 0.462. The van der Waals surface area contributed by atoms with E-state index < -0.39 is 10.0 Å².